The van der Waals surface area contributed by atoms with Crippen LogP contribution in [0.25, 0.3) is 0 Å². The molecule has 1 heterocycles. The van der Waals surface area contributed by atoms with Gasteiger partial charge in [-0.3, -0.25) is 9.59 Å². The average Bonchev–Trinajstić information content (AvgIpc) is 2.76. The van der Waals surface area contributed by atoms with Gasteiger partial charge >= 0.3 is 0 Å². The maximum atomic E-state index is 12.4. The number of aryl methyl sites for hydroxylation is 1. The molecule has 0 unspecified atom stereocenters. The Balaban J connectivity index is 1.77. The number of rotatable bonds is 5. The van der Waals surface area contributed by atoms with Crippen LogP contribution in [0.4, 0.5) is 0 Å². The highest BCUT2D eigenvalue weighted by Gasteiger charge is 2.40. The molecule has 25 heavy (non-hydrogen) atoms. The van der Waals surface area contributed by atoms with Gasteiger partial charge in [0.05, 0.1) is 17.7 Å². The fourth-order valence-electron chi connectivity index (χ4n) is 2.64. The summed E-state index contributed by atoms with van der Waals surface area (Å²) in [5.41, 5.74) is 6.51. The van der Waals surface area contributed by atoms with Gasteiger partial charge in [-0.1, -0.05) is 18.2 Å². The first kappa shape index (κ1) is 17.0. The van der Waals surface area contributed by atoms with Gasteiger partial charge in [0.25, 0.3) is 21.8 Å². The van der Waals surface area contributed by atoms with E-state index in [0.717, 1.165) is 9.87 Å². The molecule has 0 atom stereocenters. The molecule has 8 heteroatoms. The summed E-state index contributed by atoms with van der Waals surface area (Å²) in [4.78, 5) is 23.7. The molecule has 0 saturated heterocycles. The number of ether oxygens (including phenoxy) is 1. The van der Waals surface area contributed by atoms with Crippen molar-refractivity contribution >= 4 is 21.8 Å². The Bertz CT molecular complexity index is 969. The summed E-state index contributed by atoms with van der Waals surface area (Å²) >= 11 is 0. The molecule has 3 rings (SSSR count). The van der Waals surface area contributed by atoms with Gasteiger partial charge in [0.15, 0.2) is 0 Å². The summed E-state index contributed by atoms with van der Waals surface area (Å²) in [5, 5.41) is 0. The van der Waals surface area contributed by atoms with Gasteiger partial charge in [-0.15, -0.1) is 0 Å². The van der Waals surface area contributed by atoms with E-state index < -0.39 is 21.8 Å². The maximum Gasteiger partial charge on any atom is 0.269 e. The number of carbonyl (C=O) groups excluding carboxylic acids is 2. The molecule has 0 spiro atoms. The predicted molar refractivity (Wildman–Crippen MR) is 89.9 cm³/mol. The van der Waals surface area contributed by atoms with E-state index in [2.05, 4.69) is 0 Å². The smallest absolute Gasteiger partial charge is 0.269 e. The van der Waals surface area contributed by atoms with Crippen molar-refractivity contribution in [3.63, 3.8) is 0 Å². The van der Waals surface area contributed by atoms with E-state index in [1.54, 1.807) is 30.3 Å². The number of amides is 2. The Morgan fingerprint density at radius 3 is 2.60 bits per heavy atom. The third-order valence-electron chi connectivity index (χ3n) is 3.87. The summed E-state index contributed by atoms with van der Waals surface area (Å²) in [5.74, 6) is -0.972. The molecule has 2 amide bonds. The summed E-state index contributed by atoms with van der Waals surface area (Å²) in [6, 6.07) is 10.9. The highest BCUT2D eigenvalue weighted by Crippen LogP contribution is 2.29. The van der Waals surface area contributed by atoms with Crippen LogP contribution in [0.3, 0.4) is 0 Å². The second kappa shape index (κ2) is 6.21. The number of primary amides is 1. The van der Waals surface area contributed by atoms with Gasteiger partial charge in [-0.25, -0.2) is 12.7 Å². The summed E-state index contributed by atoms with van der Waals surface area (Å²) < 4.78 is 31.2. The third kappa shape index (κ3) is 2.96. The molecule has 0 saturated carbocycles. The molecule has 0 radical (unpaired) electrons. The first-order valence-corrected chi connectivity index (χ1v) is 8.96. The van der Waals surface area contributed by atoms with Crippen LogP contribution in [0.15, 0.2) is 47.4 Å². The number of nitrogens with zero attached hydrogens (tertiary/aromatic N) is 1. The molecule has 1 aliphatic heterocycles. The molecule has 0 fully saturated rings. The second-order valence-electron chi connectivity index (χ2n) is 5.59. The molecule has 1 aliphatic rings. The average molecular weight is 360 g/mol. The van der Waals surface area contributed by atoms with E-state index >= 15 is 0 Å². The molecule has 0 aromatic heterocycles. The lowest BCUT2D eigenvalue weighted by Gasteiger charge is -2.16. The lowest BCUT2D eigenvalue weighted by molar-refractivity contribution is 0.0854. The maximum absolute atomic E-state index is 12.4. The fourth-order valence-corrected chi connectivity index (χ4v) is 4.20. The lowest BCUT2D eigenvalue weighted by Crippen LogP contribution is -2.34. The molecule has 0 aliphatic carbocycles. The van der Waals surface area contributed by atoms with Crippen LogP contribution in [-0.2, 0) is 10.0 Å². The number of sulfonamides is 1. The molecule has 2 aromatic rings. The third-order valence-corrected chi connectivity index (χ3v) is 5.71. The van der Waals surface area contributed by atoms with E-state index in [1.807, 2.05) is 6.92 Å². The monoisotopic (exact) mass is 360 g/mol. The van der Waals surface area contributed by atoms with Crippen molar-refractivity contribution < 1.29 is 22.7 Å². The van der Waals surface area contributed by atoms with E-state index in [1.165, 1.54) is 12.1 Å². The van der Waals surface area contributed by atoms with Crippen LogP contribution in [0.5, 0.6) is 5.75 Å². The molecule has 2 N–H and O–H groups in total. The minimum atomic E-state index is -3.87. The van der Waals surface area contributed by atoms with Gasteiger partial charge in [0.2, 0.25) is 0 Å². The quantitative estimate of drug-likeness (QED) is 0.865. The van der Waals surface area contributed by atoms with Crippen LogP contribution < -0.4 is 10.5 Å². The molecule has 2 aromatic carbocycles. The number of fused-ring (bicyclic) bond motifs is 1. The van der Waals surface area contributed by atoms with Gasteiger partial charge < -0.3 is 10.5 Å². The van der Waals surface area contributed by atoms with Crippen molar-refractivity contribution in [1.82, 2.24) is 4.31 Å². The zero-order valence-corrected chi connectivity index (χ0v) is 14.2. The van der Waals surface area contributed by atoms with Crippen molar-refractivity contribution in [1.29, 1.82) is 0 Å². The normalized spacial score (nSPS) is 15.1. The van der Waals surface area contributed by atoms with Crippen LogP contribution >= 0.6 is 0 Å². The molecule has 130 valence electrons. The molecule has 7 nitrogen and oxygen atoms in total. The van der Waals surface area contributed by atoms with Crippen LogP contribution in [-0.4, -0.2) is 37.7 Å². The Hall–Kier alpha value is -2.87. The van der Waals surface area contributed by atoms with Crippen LogP contribution in [0.1, 0.15) is 26.3 Å². The zero-order valence-electron chi connectivity index (χ0n) is 13.4. The van der Waals surface area contributed by atoms with Crippen molar-refractivity contribution in [2.24, 2.45) is 5.73 Å². The highest BCUT2D eigenvalue weighted by molar-refractivity contribution is 7.90. The number of benzene rings is 2. The Morgan fingerprint density at radius 1 is 1.20 bits per heavy atom. The van der Waals surface area contributed by atoms with Crippen molar-refractivity contribution in [3.8, 4) is 5.75 Å². The van der Waals surface area contributed by atoms with E-state index in [4.69, 9.17) is 10.5 Å². The van der Waals surface area contributed by atoms with E-state index in [-0.39, 0.29) is 34.9 Å². The number of carbonyl (C=O) groups is 2. The number of hydrogen-bond donors (Lipinski definition) is 1. The summed E-state index contributed by atoms with van der Waals surface area (Å²) in [7, 11) is -3.87. The minimum Gasteiger partial charge on any atom is -0.491 e. The number of hydrogen-bond acceptors (Lipinski definition) is 5. The van der Waals surface area contributed by atoms with Crippen LogP contribution in [0.2, 0.25) is 0 Å². The number of nitrogens with two attached hydrogens (primary N) is 1. The second-order valence-corrected chi connectivity index (χ2v) is 7.42. The van der Waals surface area contributed by atoms with Crippen LogP contribution in [0, 0.1) is 6.92 Å². The van der Waals surface area contributed by atoms with Crippen molar-refractivity contribution in [2.45, 2.75) is 11.8 Å². The Morgan fingerprint density at radius 2 is 1.92 bits per heavy atom. The van der Waals surface area contributed by atoms with Crippen molar-refractivity contribution in [3.05, 3.63) is 59.2 Å². The fraction of sp³-hybridized carbons (Fsp3) is 0.176. The van der Waals surface area contributed by atoms with Gasteiger partial charge in [-0.2, -0.15) is 0 Å². The zero-order chi connectivity index (χ0) is 18.2. The Kier molecular flexibility index (Phi) is 4.22. The SMILES string of the molecule is Cc1ccc(C(N)=O)c(OCCN2C(=O)c3ccccc3S2(=O)=O)c1. The summed E-state index contributed by atoms with van der Waals surface area (Å²) in [6.45, 7) is 1.56. The summed E-state index contributed by atoms with van der Waals surface area (Å²) in [6.07, 6.45) is 0. The predicted octanol–water partition coefficient (Wildman–Crippen LogP) is 1.32. The minimum absolute atomic E-state index is 0.00613. The lowest BCUT2D eigenvalue weighted by atomic mass is 10.1. The molecule has 0 bridgehead atoms. The van der Waals surface area contributed by atoms with Crippen molar-refractivity contribution in [2.75, 3.05) is 13.2 Å². The largest absolute Gasteiger partial charge is 0.491 e. The Labute approximate surface area is 145 Å². The van der Waals surface area contributed by atoms with Gasteiger partial charge in [0.1, 0.15) is 17.3 Å². The highest BCUT2D eigenvalue weighted by atomic mass is 32.2. The molecular formula is C17H16N2O5S. The first-order valence-electron chi connectivity index (χ1n) is 7.51. The molecular weight excluding hydrogens is 344 g/mol. The van der Waals surface area contributed by atoms with E-state index in [9.17, 15) is 18.0 Å². The van der Waals surface area contributed by atoms with Gasteiger partial charge in [-0.05, 0) is 36.8 Å². The van der Waals surface area contributed by atoms with Gasteiger partial charge in [0, 0.05) is 0 Å². The first-order chi connectivity index (χ1) is 11.8. The van der Waals surface area contributed by atoms with E-state index in [0.29, 0.717) is 0 Å². The topological polar surface area (TPSA) is 107 Å². The standard InChI is InChI=1S/C17H16N2O5S/c1-11-6-7-12(16(18)20)14(10-11)24-9-8-19-17(21)13-4-2-3-5-15(13)25(19,22)23/h2-7,10H,8-9H2,1H3,(H2,18,20).